The van der Waals surface area contributed by atoms with Crippen molar-refractivity contribution >= 4 is 22.6 Å². The van der Waals surface area contributed by atoms with Crippen LogP contribution in [0.25, 0.3) is 0 Å². The van der Waals surface area contributed by atoms with E-state index in [1.54, 1.807) is 11.8 Å². The van der Waals surface area contributed by atoms with Gasteiger partial charge in [-0.2, -0.15) is 0 Å². The first kappa shape index (κ1) is 11.4. The van der Waals surface area contributed by atoms with Crippen LogP contribution in [-0.4, -0.2) is 23.2 Å². The highest BCUT2D eigenvalue weighted by Crippen LogP contribution is 2.15. The van der Waals surface area contributed by atoms with Gasteiger partial charge in [0.25, 0.3) is 0 Å². The molecule has 1 aromatic carbocycles. The van der Waals surface area contributed by atoms with Crippen molar-refractivity contribution in [3.05, 3.63) is 34.9 Å². The number of hydrogen-bond acceptors (Lipinski definition) is 3. The highest BCUT2D eigenvalue weighted by molar-refractivity contribution is 8.14. The number of nitrogens with zero attached hydrogens (tertiary/aromatic N) is 2. The molecule has 0 radical (unpaired) electrons. The molecule has 0 spiro atoms. The van der Waals surface area contributed by atoms with Gasteiger partial charge in [0.15, 0.2) is 5.17 Å². The van der Waals surface area contributed by atoms with E-state index in [1.807, 2.05) is 6.92 Å². The van der Waals surface area contributed by atoms with E-state index in [4.69, 9.17) is 0 Å². The fraction of sp³-hybridized carbons (Fsp3) is 0.385. The van der Waals surface area contributed by atoms with E-state index in [1.165, 1.54) is 16.7 Å². The third kappa shape index (κ3) is 2.53. The van der Waals surface area contributed by atoms with Crippen LogP contribution in [-0.2, 0) is 0 Å². The summed E-state index contributed by atoms with van der Waals surface area (Å²) in [7, 11) is 0. The van der Waals surface area contributed by atoms with Crippen LogP contribution in [0.1, 0.15) is 23.6 Å². The van der Waals surface area contributed by atoms with Crippen molar-refractivity contribution < 1.29 is 0 Å². The standard InChI is InChI=1S/C13H16N2S/c1-9-4-5-12(8-10(9)2)11(3)15-13-14-6-7-16-13/h4-5,8H,6-7H2,1-3H3/b15-11-. The minimum absolute atomic E-state index is 0.906. The number of aliphatic imine (C=N–C) groups is 2. The second-order valence-electron chi connectivity index (χ2n) is 4.01. The van der Waals surface area contributed by atoms with Crippen molar-refractivity contribution in [1.29, 1.82) is 0 Å². The quantitative estimate of drug-likeness (QED) is 0.682. The van der Waals surface area contributed by atoms with Gasteiger partial charge in [-0.1, -0.05) is 23.9 Å². The summed E-state index contributed by atoms with van der Waals surface area (Å²) in [5.74, 6) is 1.07. The molecule has 16 heavy (non-hydrogen) atoms. The number of benzene rings is 1. The lowest BCUT2D eigenvalue weighted by atomic mass is 10.0. The summed E-state index contributed by atoms with van der Waals surface area (Å²) in [6, 6.07) is 6.46. The summed E-state index contributed by atoms with van der Waals surface area (Å²) >= 11 is 1.74. The largest absolute Gasteiger partial charge is 0.260 e. The second kappa shape index (κ2) is 4.83. The topological polar surface area (TPSA) is 24.7 Å². The van der Waals surface area contributed by atoms with Crippen LogP contribution in [0.2, 0.25) is 0 Å². The molecule has 1 heterocycles. The summed E-state index contributed by atoms with van der Waals surface area (Å²) in [4.78, 5) is 8.88. The van der Waals surface area contributed by atoms with E-state index in [-0.39, 0.29) is 0 Å². The van der Waals surface area contributed by atoms with Gasteiger partial charge in [0.1, 0.15) is 0 Å². The van der Waals surface area contributed by atoms with Crippen LogP contribution in [0.15, 0.2) is 28.2 Å². The summed E-state index contributed by atoms with van der Waals surface area (Å²) < 4.78 is 0. The van der Waals surface area contributed by atoms with E-state index in [2.05, 4.69) is 42.0 Å². The Bertz CT molecular complexity index is 461. The molecule has 1 aliphatic rings. The van der Waals surface area contributed by atoms with Crippen molar-refractivity contribution in [3.63, 3.8) is 0 Å². The molecular weight excluding hydrogens is 216 g/mol. The van der Waals surface area contributed by atoms with Gasteiger partial charge in [-0.05, 0) is 43.5 Å². The maximum atomic E-state index is 4.55. The molecule has 0 amide bonds. The monoisotopic (exact) mass is 232 g/mol. The van der Waals surface area contributed by atoms with Crippen molar-refractivity contribution in [3.8, 4) is 0 Å². The minimum Gasteiger partial charge on any atom is -0.260 e. The minimum atomic E-state index is 0.906. The molecule has 0 bridgehead atoms. The lowest BCUT2D eigenvalue weighted by molar-refractivity contribution is 1.17. The molecular formula is C13H16N2S. The molecule has 3 heteroatoms. The number of amidine groups is 1. The number of thioether (sulfide) groups is 1. The average Bonchev–Trinajstić information content (AvgIpc) is 2.74. The predicted octanol–water partition coefficient (Wildman–Crippen LogP) is 3.22. The zero-order valence-electron chi connectivity index (χ0n) is 9.95. The Balaban J connectivity index is 2.26. The van der Waals surface area contributed by atoms with Gasteiger partial charge in [-0.3, -0.25) is 4.99 Å². The van der Waals surface area contributed by atoms with E-state index in [0.29, 0.717) is 0 Å². The van der Waals surface area contributed by atoms with Crippen LogP contribution in [0.5, 0.6) is 0 Å². The van der Waals surface area contributed by atoms with E-state index in [9.17, 15) is 0 Å². The Labute approximate surface area is 101 Å². The third-order valence-corrected chi connectivity index (χ3v) is 3.62. The molecule has 84 valence electrons. The van der Waals surface area contributed by atoms with Crippen molar-refractivity contribution in [2.24, 2.45) is 9.98 Å². The van der Waals surface area contributed by atoms with E-state index >= 15 is 0 Å². The Morgan fingerprint density at radius 3 is 2.75 bits per heavy atom. The van der Waals surface area contributed by atoms with Crippen molar-refractivity contribution in [2.45, 2.75) is 20.8 Å². The fourth-order valence-corrected chi connectivity index (χ4v) is 2.32. The predicted molar refractivity (Wildman–Crippen MR) is 72.9 cm³/mol. The molecule has 1 aromatic rings. The van der Waals surface area contributed by atoms with Crippen LogP contribution in [0.3, 0.4) is 0 Å². The van der Waals surface area contributed by atoms with Gasteiger partial charge in [0.05, 0.1) is 6.54 Å². The first-order valence-corrected chi connectivity index (χ1v) is 6.45. The van der Waals surface area contributed by atoms with Crippen LogP contribution >= 0.6 is 11.8 Å². The second-order valence-corrected chi connectivity index (χ2v) is 5.07. The van der Waals surface area contributed by atoms with Gasteiger partial charge in [0, 0.05) is 11.5 Å². The SMILES string of the molecule is C/C(=N/C1=NCCS1)c1ccc(C)c(C)c1. The zero-order valence-corrected chi connectivity index (χ0v) is 10.8. The number of aryl methyl sites for hydroxylation is 2. The summed E-state index contributed by atoms with van der Waals surface area (Å²) in [6.07, 6.45) is 0. The lowest BCUT2D eigenvalue weighted by Gasteiger charge is -2.04. The Morgan fingerprint density at radius 1 is 1.31 bits per heavy atom. The fourth-order valence-electron chi connectivity index (χ4n) is 1.57. The maximum Gasteiger partial charge on any atom is 0.183 e. The van der Waals surface area contributed by atoms with Gasteiger partial charge in [0.2, 0.25) is 0 Å². The molecule has 1 aliphatic heterocycles. The van der Waals surface area contributed by atoms with Crippen LogP contribution in [0.4, 0.5) is 0 Å². The summed E-state index contributed by atoms with van der Waals surface area (Å²) in [5.41, 5.74) is 4.88. The van der Waals surface area contributed by atoms with Crippen molar-refractivity contribution in [1.82, 2.24) is 0 Å². The van der Waals surface area contributed by atoms with E-state index < -0.39 is 0 Å². The number of hydrogen-bond donors (Lipinski definition) is 0. The molecule has 0 atom stereocenters. The van der Waals surface area contributed by atoms with Crippen LogP contribution < -0.4 is 0 Å². The molecule has 2 rings (SSSR count). The first-order valence-electron chi connectivity index (χ1n) is 5.47. The molecule has 0 aromatic heterocycles. The van der Waals surface area contributed by atoms with Crippen LogP contribution in [0, 0.1) is 13.8 Å². The zero-order chi connectivity index (χ0) is 11.5. The Morgan fingerprint density at radius 2 is 2.12 bits per heavy atom. The van der Waals surface area contributed by atoms with Gasteiger partial charge < -0.3 is 0 Å². The third-order valence-electron chi connectivity index (χ3n) is 2.76. The molecule has 0 saturated heterocycles. The Hall–Kier alpha value is -1.09. The van der Waals surface area contributed by atoms with Gasteiger partial charge in [-0.25, -0.2) is 4.99 Å². The molecule has 0 aliphatic carbocycles. The highest BCUT2D eigenvalue weighted by Gasteiger charge is 2.07. The summed E-state index contributed by atoms with van der Waals surface area (Å²) in [5, 5.41) is 0.927. The molecule has 0 unspecified atom stereocenters. The van der Waals surface area contributed by atoms with Gasteiger partial charge >= 0.3 is 0 Å². The molecule has 0 saturated carbocycles. The van der Waals surface area contributed by atoms with Gasteiger partial charge in [-0.15, -0.1) is 0 Å². The highest BCUT2D eigenvalue weighted by atomic mass is 32.2. The first-order chi connectivity index (χ1) is 7.66. The molecule has 2 nitrogen and oxygen atoms in total. The van der Waals surface area contributed by atoms with E-state index in [0.717, 1.165) is 23.2 Å². The smallest absolute Gasteiger partial charge is 0.183 e. The average molecular weight is 232 g/mol. The Kier molecular flexibility index (Phi) is 3.44. The maximum absolute atomic E-state index is 4.55. The molecule has 0 N–H and O–H groups in total. The normalized spacial score (nSPS) is 16.4. The number of rotatable bonds is 1. The lowest BCUT2D eigenvalue weighted by Crippen LogP contribution is -1.99. The van der Waals surface area contributed by atoms with Crippen molar-refractivity contribution in [2.75, 3.05) is 12.3 Å². The summed E-state index contributed by atoms with van der Waals surface area (Å²) in [6.45, 7) is 7.21. The molecule has 0 fully saturated rings.